The number of carbonyl (C=O) groups excluding carboxylic acids is 2. The van der Waals surface area contributed by atoms with Gasteiger partial charge in [-0.3, -0.25) is 20.4 Å². The molecule has 2 aromatic carbocycles. The number of hydrogen-bond acceptors (Lipinski definition) is 7. The number of hydrogen-bond donors (Lipinski definition) is 3. The fraction of sp³-hybridized carbons (Fsp3) is 0.240. The summed E-state index contributed by atoms with van der Waals surface area (Å²) in [5.41, 5.74) is 6.98. The predicted molar refractivity (Wildman–Crippen MR) is 142 cm³/mol. The second kappa shape index (κ2) is 11.5. The molecule has 1 aliphatic rings. The lowest BCUT2D eigenvalue weighted by Crippen LogP contribution is -2.43. The molecule has 38 heavy (non-hydrogen) atoms. The molecule has 1 aliphatic carbocycles. The third kappa shape index (κ3) is 6.29. The Hall–Kier alpha value is -3.54. The van der Waals surface area contributed by atoms with Crippen molar-refractivity contribution in [2.75, 3.05) is 6.61 Å². The summed E-state index contributed by atoms with van der Waals surface area (Å²) >= 11 is 11.8. The van der Waals surface area contributed by atoms with Crippen molar-refractivity contribution in [3.8, 4) is 5.75 Å². The van der Waals surface area contributed by atoms with Gasteiger partial charge in [0.15, 0.2) is 12.4 Å². The highest BCUT2D eigenvalue weighted by Crippen LogP contribution is 2.30. The highest BCUT2D eigenvalue weighted by atomic mass is 35.5. The van der Waals surface area contributed by atoms with Gasteiger partial charge in [0.1, 0.15) is 11.5 Å². The van der Waals surface area contributed by atoms with E-state index in [4.69, 9.17) is 32.4 Å². The van der Waals surface area contributed by atoms with E-state index in [2.05, 4.69) is 20.8 Å². The van der Waals surface area contributed by atoms with Crippen LogP contribution in [0.3, 0.4) is 0 Å². The molecule has 0 spiro atoms. The number of fused-ring (bicyclic) bond motifs is 1. The van der Waals surface area contributed by atoms with Crippen molar-refractivity contribution in [1.82, 2.24) is 15.7 Å². The standard InChI is InChI=1S/C25H24Cl2N4O6S/c1-14-6-9-17(10-7-14)38(34,35)31-28-19-4-3-5-21-23(19)15(2)24(37-21)25(33)30-29-22(32)13-36-20-11-8-16(26)12-18(20)27/h6-12,31H,3-5,13H2,1-2H3,(H,29,32)(H,30,33)/b28-19+. The Labute approximate surface area is 229 Å². The Morgan fingerprint density at radius 1 is 1.05 bits per heavy atom. The average molecular weight is 579 g/mol. The summed E-state index contributed by atoms with van der Waals surface area (Å²) in [7, 11) is -3.87. The first kappa shape index (κ1) is 27.5. The number of benzene rings is 2. The molecular weight excluding hydrogens is 555 g/mol. The summed E-state index contributed by atoms with van der Waals surface area (Å²) in [4.78, 5) is 27.2. The number of halogens is 2. The normalized spacial score (nSPS) is 14.1. The molecule has 10 nitrogen and oxygen atoms in total. The average Bonchev–Trinajstić information content (AvgIpc) is 3.23. The zero-order chi connectivity index (χ0) is 27.4. The third-order valence-electron chi connectivity index (χ3n) is 5.73. The summed E-state index contributed by atoms with van der Waals surface area (Å²) < 4.78 is 36.4. The molecule has 4 rings (SSSR count). The lowest BCUT2D eigenvalue weighted by Gasteiger charge is -2.14. The second-order valence-corrected chi connectivity index (χ2v) is 11.0. The van der Waals surface area contributed by atoms with E-state index in [1.54, 1.807) is 25.1 Å². The largest absolute Gasteiger partial charge is 0.482 e. The molecule has 0 bridgehead atoms. The van der Waals surface area contributed by atoms with Crippen LogP contribution in [-0.4, -0.2) is 32.6 Å². The molecule has 200 valence electrons. The maximum absolute atomic E-state index is 12.7. The number of ether oxygens (including phenoxy) is 1. The Kier molecular flexibility index (Phi) is 8.29. The quantitative estimate of drug-likeness (QED) is 0.361. The zero-order valence-corrected chi connectivity index (χ0v) is 22.8. The van der Waals surface area contributed by atoms with Gasteiger partial charge in [-0.15, -0.1) is 0 Å². The van der Waals surface area contributed by atoms with Crippen molar-refractivity contribution in [3.63, 3.8) is 0 Å². The molecule has 2 amide bonds. The van der Waals surface area contributed by atoms with Gasteiger partial charge in [0, 0.05) is 22.6 Å². The Morgan fingerprint density at radius 2 is 1.79 bits per heavy atom. The smallest absolute Gasteiger partial charge is 0.305 e. The van der Waals surface area contributed by atoms with E-state index in [0.29, 0.717) is 46.9 Å². The van der Waals surface area contributed by atoms with Crippen LogP contribution in [0.5, 0.6) is 5.75 Å². The molecule has 1 heterocycles. The van der Waals surface area contributed by atoms with Crippen LogP contribution in [-0.2, 0) is 21.2 Å². The van der Waals surface area contributed by atoms with Crippen molar-refractivity contribution in [1.29, 1.82) is 0 Å². The molecule has 0 saturated carbocycles. The molecule has 0 atom stereocenters. The van der Waals surface area contributed by atoms with E-state index in [-0.39, 0.29) is 21.4 Å². The van der Waals surface area contributed by atoms with Gasteiger partial charge < -0.3 is 9.15 Å². The number of nitrogens with one attached hydrogen (secondary N) is 3. The molecule has 13 heteroatoms. The predicted octanol–water partition coefficient (Wildman–Crippen LogP) is 4.06. The van der Waals surface area contributed by atoms with Gasteiger partial charge >= 0.3 is 5.91 Å². The Morgan fingerprint density at radius 3 is 2.50 bits per heavy atom. The minimum atomic E-state index is -3.87. The van der Waals surface area contributed by atoms with Gasteiger partial charge in [-0.25, -0.2) is 0 Å². The van der Waals surface area contributed by atoms with Gasteiger partial charge in [-0.1, -0.05) is 40.9 Å². The second-order valence-electron chi connectivity index (χ2n) is 8.54. The third-order valence-corrected chi connectivity index (χ3v) is 7.49. The van der Waals surface area contributed by atoms with Crippen LogP contribution >= 0.6 is 23.2 Å². The summed E-state index contributed by atoms with van der Waals surface area (Å²) in [5, 5.41) is 4.81. The molecule has 3 aromatic rings. The molecule has 1 aromatic heterocycles. The maximum atomic E-state index is 12.7. The van der Waals surface area contributed by atoms with Crippen LogP contribution in [0.2, 0.25) is 10.0 Å². The van der Waals surface area contributed by atoms with Gasteiger partial charge in [0.05, 0.1) is 15.6 Å². The molecule has 0 radical (unpaired) electrons. The molecule has 0 unspecified atom stereocenters. The summed E-state index contributed by atoms with van der Waals surface area (Å²) in [6.07, 6.45) is 1.70. The monoisotopic (exact) mass is 578 g/mol. The lowest BCUT2D eigenvalue weighted by atomic mass is 9.93. The molecule has 0 fully saturated rings. The highest BCUT2D eigenvalue weighted by Gasteiger charge is 2.28. The summed E-state index contributed by atoms with van der Waals surface area (Å²) in [5.74, 6) is -0.565. The van der Waals surface area contributed by atoms with Gasteiger partial charge in [-0.2, -0.15) is 18.4 Å². The van der Waals surface area contributed by atoms with E-state index >= 15 is 0 Å². The van der Waals surface area contributed by atoms with Crippen molar-refractivity contribution in [3.05, 3.63) is 80.7 Å². The minimum absolute atomic E-state index is 0.0204. The van der Waals surface area contributed by atoms with Crippen LogP contribution in [0.15, 0.2) is 56.9 Å². The van der Waals surface area contributed by atoms with Crippen LogP contribution < -0.4 is 20.4 Å². The topological polar surface area (TPSA) is 139 Å². The number of sulfonamides is 1. The number of rotatable bonds is 7. The number of hydrazine groups is 1. The van der Waals surface area contributed by atoms with E-state index in [1.165, 1.54) is 24.3 Å². The van der Waals surface area contributed by atoms with Crippen molar-refractivity contribution >= 4 is 50.8 Å². The molecular formula is C25H24Cl2N4O6S. The zero-order valence-electron chi connectivity index (χ0n) is 20.4. The first-order chi connectivity index (χ1) is 18.0. The Balaban J connectivity index is 1.41. The Bertz CT molecular complexity index is 1520. The fourth-order valence-corrected chi connectivity index (χ4v) is 5.13. The first-order valence-corrected chi connectivity index (χ1v) is 13.7. The summed E-state index contributed by atoms with van der Waals surface area (Å²) in [6.45, 7) is 3.12. The fourth-order valence-electron chi connectivity index (χ4n) is 3.84. The first-order valence-electron chi connectivity index (χ1n) is 11.5. The van der Waals surface area contributed by atoms with Crippen molar-refractivity contribution < 1.29 is 27.2 Å². The maximum Gasteiger partial charge on any atom is 0.305 e. The van der Waals surface area contributed by atoms with E-state index < -0.39 is 28.4 Å². The van der Waals surface area contributed by atoms with Gasteiger partial charge in [-0.05, 0) is 57.0 Å². The number of carbonyl (C=O) groups is 2. The highest BCUT2D eigenvalue weighted by molar-refractivity contribution is 7.89. The van der Waals surface area contributed by atoms with Gasteiger partial charge in [0.2, 0.25) is 0 Å². The van der Waals surface area contributed by atoms with Crippen molar-refractivity contribution in [2.24, 2.45) is 5.10 Å². The van der Waals surface area contributed by atoms with E-state index in [1.807, 2.05) is 6.92 Å². The number of furan rings is 1. The van der Waals surface area contributed by atoms with Crippen LogP contribution in [0, 0.1) is 13.8 Å². The molecule has 3 N–H and O–H groups in total. The van der Waals surface area contributed by atoms with Gasteiger partial charge in [0.25, 0.3) is 15.9 Å². The van der Waals surface area contributed by atoms with Crippen LogP contribution in [0.25, 0.3) is 0 Å². The van der Waals surface area contributed by atoms with Crippen molar-refractivity contribution in [2.45, 2.75) is 38.0 Å². The molecule has 0 saturated heterocycles. The number of aryl methyl sites for hydroxylation is 2. The summed E-state index contributed by atoms with van der Waals surface area (Å²) in [6, 6.07) is 11.0. The number of hydrazone groups is 1. The number of nitrogens with zero attached hydrogens (tertiary/aromatic N) is 1. The van der Waals surface area contributed by atoms with Crippen LogP contribution in [0.1, 0.15) is 45.8 Å². The SMILES string of the molecule is Cc1ccc(S(=O)(=O)N/N=C2\CCCc3oc(C(=O)NNC(=O)COc4ccc(Cl)cc4Cl)c(C)c32)cc1. The van der Waals surface area contributed by atoms with E-state index in [0.717, 1.165) is 5.56 Å². The molecule has 0 aliphatic heterocycles. The van der Waals surface area contributed by atoms with Crippen LogP contribution in [0.4, 0.5) is 0 Å². The minimum Gasteiger partial charge on any atom is -0.482 e. The lowest BCUT2D eigenvalue weighted by molar-refractivity contribution is -0.123. The number of amides is 2. The van der Waals surface area contributed by atoms with E-state index in [9.17, 15) is 18.0 Å².